The topological polar surface area (TPSA) is 31.9 Å². The molecule has 0 aliphatic heterocycles. The van der Waals surface area contributed by atoms with Gasteiger partial charge in [0, 0.05) is 29.8 Å². The van der Waals surface area contributed by atoms with E-state index < -0.39 is 11.9 Å². The van der Waals surface area contributed by atoms with Crippen LogP contribution in [0.5, 0.6) is 0 Å². The predicted molar refractivity (Wildman–Crippen MR) is 71.1 cm³/mol. The number of hydrogen-bond donors (Lipinski definition) is 1. The molecule has 0 unspecified atom stereocenters. The monoisotopic (exact) mass is 333 g/mol. The van der Waals surface area contributed by atoms with Gasteiger partial charge in [-0.1, -0.05) is 15.9 Å². The van der Waals surface area contributed by atoms with Crippen molar-refractivity contribution < 1.29 is 13.2 Å². The number of H-pyrrole nitrogens is 1. The van der Waals surface area contributed by atoms with Crippen molar-refractivity contribution in [1.29, 1.82) is 0 Å². The normalized spacial score (nSPS) is 11.7. The van der Waals surface area contributed by atoms with Crippen LogP contribution in [-0.2, 0) is 6.18 Å². The molecule has 2 aromatic rings. The highest BCUT2D eigenvalue weighted by atomic mass is 79.9. The standard InChI is InChI=1S/C12H11BrF3N3/c1-19(2)9-5-7(13)3-4-8(9)11-17-6-10(18-11)12(14,15)16/h3-6H,1-2H3,(H,17,18). The lowest BCUT2D eigenvalue weighted by atomic mass is 10.1. The van der Waals surface area contributed by atoms with Crippen molar-refractivity contribution in [3.05, 3.63) is 34.6 Å². The molecule has 2 rings (SSSR count). The van der Waals surface area contributed by atoms with E-state index >= 15 is 0 Å². The summed E-state index contributed by atoms with van der Waals surface area (Å²) in [5.74, 6) is 0.198. The van der Waals surface area contributed by atoms with Gasteiger partial charge in [-0.25, -0.2) is 4.98 Å². The molecule has 0 spiro atoms. The Morgan fingerprint density at radius 3 is 2.47 bits per heavy atom. The van der Waals surface area contributed by atoms with Gasteiger partial charge >= 0.3 is 6.18 Å². The van der Waals surface area contributed by atoms with Crippen LogP contribution in [0.1, 0.15) is 5.69 Å². The lowest BCUT2D eigenvalue weighted by Crippen LogP contribution is -2.10. The Balaban J connectivity index is 2.50. The molecule has 1 aromatic heterocycles. The third-order valence-corrected chi connectivity index (χ3v) is 3.07. The Kier molecular flexibility index (Phi) is 3.58. The van der Waals surface area contributed by atoms with E-state index in [2.05, 4.69) is 25.9 Å². The number of anilines is 1. The van der Waals surface area contributed by atoms with Crippen LogP contribution >= 0.6 is 15.9 Å². The molecule has 0 aliphatic rings. The van der Waals surface area contributed by atoms with Crippen molar-refractivity contribution in [3.8, 4) is 11.4 Å². The average molecular weight is 334 g/mol. The lowest BCUT2D eigenvalue weighted by Gasteiger charge is -2.16. The quantitative estimate of drug-likeness (QED) is 0.903. The van der Waals surface area contributed by atoms with Crippen molar-refractivity contribution in [2.75, 3.05) is 19.0 Å². The Bertz CT molecular complexity index is 590. The summed E-state index contributed by atoms with van der Waals surface area (Å²) < 4.78 is 38.5. The van der Waals surface area contributed by atoms with Gasteiger partial charge in [0.15, 0.2) is 0 Å². The van der Waals surface area contributed by atoms with Gasteiger partial charge in [0.1, 0.15) is 11.5 Å². The molecular formula is C12H11BrF3N3. The molecule has 3 nitrogen and oxygen atoms in total. The zero-order valence-electron chi connectivity index (χ0n) is 10.2. The van der Waals surface area contributed by atoms with E-state index in [1.807, 2.05) is 25.1 Å². The summed E-state index contributed by atoms with van der Waals surface area (Å²) in [5.41, 5.74) is 0.538. The fraction of sp³-hybridized carbons (Fsp3) is 0.250. The van der Waals surface area contributed by atoms with Crippen LogP contribution in [0.3, 0.4) is 0 Å². The van der Waals surface area contributed by atoms with Gasteiger partial charge in [0.05, 0.1) is 6.20 Å². The number of alkyl halides is 3. The molecule has 0 radical (unpaired) electrons. The summed E-state index contributed by atoms with van der Waals surface area (Å²) in [5, 5.41) is 0. The number of rotatable bonds is 2. The third kappa shape index (κ3) is 2.91. The van der Waals surface area contributed by atoms with Crippen LogP contribution in [0.4, 0.5) is 18.9 Å². The van der Waals surface area contributed by atoms with E-state index in [1.165, 1.54) is 0 Å². The maximum Gasteiger partial charge on any atom is 0.432 e. The minimum atomic E-state index is -4.42. The molecule has 19 heavy (non-hydrogen) atoms. The Hall–Kier alpha value is -1.50. The molecule has 1 aromatic carbocycles. The van der Waals surface area contributed by atoms with Crippen molar-refractivity contribution >= 4 is 21.6 Å². The number of nitrogens with one attached hydrogen (secondary N) is 1. The molecule has 0 fully saturated rings. The highest BCUT2D eigenvalue weighted by molar-refractivity contribution is 9.10. The van der Waals surface area contributed by atoms with Gasteiger partial charge < -0.3 is 9.88 Å². The van der Waals surface area contributed by atoms with Crippen LogP contribution in [0.2, 0.25) is 0 Å². The van der Waals surface area contributed by atoms with Gasteiger partial charge in [-0.05, 0) is 18.2 Å². The summed E-state index contributed by atoms with van der Waals surface area (Å²) in [6.07, 6.45) is -3.62. The molecule has 7 heteroatoms. The summed E-state index contributed by atoms with van der Waals surface area (Å²) in [7, 11) is 3.64. The number of hydrogen-bond acceptors (Lipinski definition) is 2. The highest BCUT2D eigenvalue weighted by Gasteiger charge is 2.33. The smallest absolute Gasteiger partial charge is 0.377 e. The predicted octanol–water partition coefficient (Wildman–Crippen LogP) is 3.92. The first-order valence-corrected chi connectivity index (χ1v) is 6.18. The third-order valence-electron chi connectivity index (χ3n) is 2.58. The molecule has 0 bridgehead atoms. The van der Waals surface area contributed by atoms with Gasteiger partial charge in [-0.15, -0.1) is 0 Å². The summed E-state index contributed by atoms with van der Waals surface area (Å²) >= 11 is 3.34. The fourth-order valence-corrected chi connectivity index (χ4v) is 2.03. The zero-order valence-corrected chi connectivity index (χ0v) is 11.8. The molecular weight excluding hydrogens is 323 g/mol. The first-order valence-electron chi connectivity index (χ1n) is 5.38. The molecule has 1 heterocycles. The van der Waals surface area contributed by atoms with E-state index in [1.54, 1.807) is 12.1 Å². The van der Waals surface area contributed by atoms with E-state index in [4.69, 9.17) is 0 Å². The molecule has 0 amide bonds. The molecule has 0 saturated carbocycles. The van der Waals surface area contributed by atoms with Crippen molar-refractivity contribution in [1.82, 2.24) is 9.97 Å². The first-order chi connectivity index (χ1) is 8.79. The molecule has 0 saturated heterocycles. The van der Waals surface area contributed by atoms with Gasteiger partial charge in [0.25, 0.3) is 0 Å². The lowest BCUT2D eigenvalue weighted by molar-refractivity contribution is -0.140. The summed E-state index contributed by atoms with van der Waals surface area (Å²) in [4.78, 5) is 7.93. The minimum Gasteiger partial charge on any atom is -0.377 e. The van der Waals surface area contributed by atoms with Crippen LogP contribution < -0.4 is 4.90 Å². The first kappa shape index (κ1) is 13.9. The number of aromatic amines is 1. The van der Waals surface area contributed by atoms with E-state index in [-0.39, 0.29) is 5.82 Å². The second kappa shape index (κ2) is 4.88. The van der Waals surface area contributed by atoms with Crippen LogP contribution in [0.15, 0.2) is 28.9 Å². The van der Waals surface area contributed by atoms with Crippen molar-refractivity contribution in [3.63, 3.8) is 0 Å². The van der Waals surface area contributed by atoms with E-state index in [0.717, 1.165) is 16.4 Å². The number of aromatic nitrogens is 2. The maximum absolute atomic E-state index is 12.6. The van der Waals surface area contributed by atoms with Gasteiger partial charge in [-0.2, -0.15) is 13.2 Å². The summed E-state index contributed by atoms with van der Waals surface area (Å²) in [6.45, 7) is 0. The van der Waals surface area contributed by atoms with Gasteiger partial charge in [0.2, 0.25) is 0 Å². The number of nitrogens with zero attached hydrogens (tertiary/aromatic N) is 2. The molecule has 102 valence electrons. The number of benzene rings is 1. The average Bonchev–Trinajstić information content (AvgIpc) is 2.77. The van der Waals surface area contributed by atoms with Crippen molar-refractivity contribution in [2.24, 2.45) is 0 Å². The highest BCUT2D eigenvalue weighted by Crippen LogP contribution is 2.33. The minimum absolute atomic E-state index is 0.198. The number of halogens is 4. The Labute approximate surface area is 116 Å². The second-order valence-electron chi connectivity index (χ2n) is 4.20. The largest absolute Gasteiger partial charge is 0.432 e. The van der Waals surface area contributed by atoms with Crippen LogP contribution in [0.25, 0.3) is 11.4 Å². The Morgan fingerprint density at radius 1 is 1.26 bits per heavy atom. The van der Waals surface area contributed by atoms with E-state index in [0.29, 0.717) is 5.56 Å². The fourth-order valence-electron chi connectivity index (χ4n) is 1.68. The van der Waals surface area contributed by atoms with Crippen molar-refractivity contribution in [2.45, 2.75) is 6.18 Å². The number of imidazole rings is 1. The summed E-state index contributed by atoms with van der Waals surface area (Å²) in [6, 6.07) is 5.31. The van der Waals surface area contributed by atoms with Crippen LogP contribution in [0, 0.1) is 0 Å². The SMILES string of the molecule is CN(C)c1cc(Br)ccc1-c1ncc(C(F)(F)F)[nH]1. The molecule has 0 atom stereocenters. The van der Waals surface area contributed by atoms with Gasteiger partial charge in [-0.3, -0.25) is 0 Å². The second-order valence-corrected chi connectivity index (χ2v) is 5.11. The molecule has 1 N–H and O–H groups in total. The Morgan fingerprint density at radius 2 is 1.95 bits per heavy atom. The molecule has 0 aliphatic carbocycles. The van der Waals surface area contributed by atoms with E-state index in [9.17, 15) is 13.2 Å². The van der Waals surface area contributed by atoms with Crippen LogP contribution in [-0.4, -0.2) is 24.1 Å². The zero-order chi connectivity index (χ0) is 14.2. The maximum atomic E-state index is 12.6.